The Morgan fingerprint density at radius 2 is 2.17 bits per heavy atom. The maximum atomic E-state index is 5.99. The predicted octanol–water partition coefficient (Wildman–Crippen LogP) is 3.14. The van der Waals surface area contributed by atoms with Crippen LogP contribution < -0.4 is 11.1 Å². The van der Waals surface area contributed by atoms with Crippen LogP contribution in [0.3, 0.4) is 0 Å². The predicted molar refractivity (Wildman–Crippen MR) is 75.8 cm³/mol. The molecule has 96 valence electrons. The summed E-state index contributed by atoms with van der Waals surface area (Å²) in [6.07, 6.45) is 0. The molecule has 4 nitrogen and oxygen atoms in total. The van der Waals surface area contributed by atoms with Gasteiger partial charge in [0.05, 0.1) is 17.4 Å². The normalized spacial score (nSPS) is 12.4. The summed E-state index contributed by atoms with van der Waals surface area (Å²) in [6.45, 7) is 3.96. The molecule has 2 rings (SSSR count). The highest BCUT2D eigenvalue weighted by molar-refractivity contribution is 6.30. The van der Waals surface area contributed by atoms with Crippen molar-refractivity contribution < 1.29 is 0 Å². The molecule has 0 fully saturated rings. The van der Waals surface area contributed by atoms with E-state index in [9.17, 15) is 0 Å². The molecule has 1 unspecified atom stereocenters. The van der Waals surface area contributed by atoms with Gasteiger partial charge in [-0.1, -0.05) is 23.7 Å². The number of hydrogen-bond acceptors (Lipinski definition) is 3. The Kier molecular flexibility index (Phi) is 3.48. The number of rotatable bonds is 3. The number of aromatic nitrogens is 2. The van der Waals surface area contributed by atoms with E-state index in [1.807, 2.05) is 38.2 Å². The molecule has 0 radical (unpaired) electrons. The molecule has 0 spiro atoms. The number of nitrogens with one attached hydrogen (secondary N) is 1. The lowest BCUT2D eigenvalue weighted by Gasteiger charge is -2.16. The summed E-state index contributed by atoms with van der Waals surface area (Å²) in [7, 11) is 1.87. The fourth-order valence-corrected chi connectivity index (χ4v) is 2.11. The number of aryl methyl sites for hydroxylation is 2. The summed E-state index contributed by atoms with van der Waals surface area (Å²) in [5.74, 6) is 0.833. The molecule has 0 amide bonds. The van der Waals surface area contributed by atoms with Gasteiger partial charge in [-0.05, 0) is 31.5 Å². The summed E-state index contributed by atoms with van der Waals surface area (Å²) in [4.78, 5) is 0. The number of benzene rings is 1. The van der Waals surface area contributed by atoms with Gasteiger partial charge in [-0.2, -0.15) is 5.10 Å². The third-order valence-electron chi connectivity index (χ3n) is 2.97. The minimum Gasteiger partial charge on any atom is -0.394 e. The van der Waals surface area contributed by atoms with Crippen LogP contribution in [-0.4, -0.2) is 9.78 Å². The van der Waals surface area contributed by atoms with Crippen LogP contribution >= 0.6 is 11.6 Å². The van der Waals surface area contributed by atoms with E-state index in [0.717, 1.165) is 22.1 Å². The minimum absolute atomic E-state index is 0.112. The Balaban J connectivity index is 2.24. The van der Waals surface area contributed by atoms with Crippen molar-refractivity contribution in [1.82, 2.24) is 9.78 Å². The van der Waals surface area contributed by atoms with E-state index in [1.165, 1.54) is 0 Å². The molecule has 5 heteroatoms. The van der Waals surface area contributed by atoms with Crippen molar-refractivity contribution in [2.24, 2.45) is 7.05 Å². The second-order valence-corrected chi connectivity index (χ2v) is 4.83. The molecule has 0 saturated heterocycles. The number of nitrogens with two attached hydrogens (primary N) is 1. The fraction of sp³-hybridized carbons (Fsp3) is 0.308. The average Bonchev–Trinajstić information content (AvgIpc) is 2.56. The van der Waals surface area contributed by atoms with Gasteiger partial charge in [-0.25, -0.2) is 0 Å². The summed E-state index contributed by atoms with van der Waals surface area (Å²) in [5.41, 5.74) is 8.62. The van der Waals surface area contributed by atoms with E-state index in [4.69, 9.17) is 17.3 Å². The highest BCUT2D eigenvalue weighted by atomic mass is 35.5. The third kappa shape index (κ3) is 2.43. The Morgan fingerprint density at radius 1 is 1.44 bits per heavy atom. The first-order chi connectivity index (χ1) is 8.49. The Labute approximate surface area is 112 Å². The lowest BCUT2D eigenvalue weighted by molar-refractivity contribution is 0.742. The zero-order chi connectivity index (χ0) is 13.3. The van der Waals surface area contributed by atoms with E-state index in [1.54, 1.807) is 4.68 Å². The monoisotopic (exact) mass is 264 g/mol. The standard InChI is InChI=1S/C13H17ClN4/c1-8(10-5-4-6-11(14)7-10)16-13-12(15)9(2)17-18(13)3/h4-8,16H,15H2,1-3H3. The number of hydrogen-bond donors (Lipinski definition) is 2. The van der Waals surface area contributed by atoms with Crippen molar-refractivity contribution >= 4 is 23.1 Å². The van der Waals surface area contributed by atoms with E-state index in [0.29, 0.717) is 5.69 Å². The van der Waals surface area contributed by atoms with Gasteiger partial charge in [-0.3, -0.25) is 4.68 Å². The van der Waals surface area contributed by atoms with Crippen LogP contribution in [0, 0.1) is 6.92 Å². The second kappa shape index (κ2) is 4.90. The van der Waals surface area contributed by atoms with Crippen LogP contribution in [0.5, 0.6) is 0 Å². The van der Waals surface area contributed by atoms with Crippen molar-refractivity contribution in [1.29, 1.82) is 0 Å². The maximum Gasteiger partial charge on any atom is 0.148 e. The van der Waals surface area contributed by atoms with Crippen molar-refractivity contribution in [3.8, 4) is 0 Å². The highest BCUT2D eigenvalue weighted by Crippen LogP contribution is 2.26. The number of nitrogen functional groups attached to an aromatic ring is 1. The average molecular weight is 265 g/mol. The Morgan fingerprint density at radius 3 is 2.72 bits per heavy atom. The van der Waals surface area contributed by atoms with Crippen LogP contribution in [0.1, 0.15) is 24.2 Å². The summed E-state index contributed by atoms with van der Waals surface area (Å²) >= 11 is 5.99. The van der Waals surface area contributed by atoms with Gasteiger partial charge in [0.1, 0.15) is 5.82 Å². The van der Waals surface area contributed by atoms with E-state index in [-0.39, 0.29) is 6.04 Å². The molecule has 18 heavy (non-hydrogen) atoms. The topological polar surface area (TPSA) is 55.9 Å². The van der Waals surface area contributed by atoms with E-state index in [2.05, 4.69) is 17.3 Å². The van der Waals surface area contributed by atoms with Crippen LogP contribution in [0.25, 0.3) is 0 Å². The highest BCUT2D eigenvalue weighted by Gasteiger charge is 2.13. The second-order valence-electron chi connectivity index (χ2n) is 4.39. The molecule has 0 bridgehead atoms. The first-order valence-corrected chi connectivity index (χ1v) is 6.18. The number of anilines is 2. The van der Waals surface area contributed by atoms with Gasteiger partial charge in [0.15, 0.2) is 0 Å². The lowest BCUT2D eigenvalue weighted by Crippen LogP contribution is -2.11. The fourth-order valence-electron chi connectivity index (χ4n) is 1.91. The van der Waals surface area contributed by atoms with Crippen molar-refractivity contribution in [2.45, 2.75) is 19.9 Å². The van der Waals surface area contributed by atoms with Gasteiger partial charge >= 0.3 is 0 Å². The molecule has 1 heterocycles. The first kappa shape index (κ1) is 12.8. The molecule has 2 aromatic rings. The molecule has 0 aliphatic heterocycles. The number of halogens is 1. The van der Waals surface area contributed by atoms with Crippen LogP contribution in [-0.2, 0) is 7.05 Å². The lowest BCUT2D eigenvalue weighted by atomic mass is 10.1. The largest absolute Gasteiger partial charge is 0.394 e. The molecule has 1 aromatic carbocycles. The summed E-state index contributed by atoms with van der Waals surface area (Å²) in [5, 5.41) is 8.37. The van der Waals surface area contributed by atoms with E-state index < -0.39 is 0 Å². The van der Waals surface area contributed by atoms with Crippen LogP contribution in [0.2, 0.25) is 5.02 Å². The van der Waals surface area contributed by atoms with E-state index >= 15 is 0 Å². The van der Waals surface area contributed by atoms with Gasteiger partial charge < -0.3 is 11.1 Å². The Bertz CT molecular complexity index is 562. The van der Waals surface area contributed by atoms with Gasteiger partial charge in [0.25, 0.3) is 0 Å². The maximum absolute atomic E-state index is 5.99. The minimum atomic E-state index is 0.112. The van der Waals surface area contributed by atoms with Crippen molar-refractivity contribution in [2.75, 3.05) is 11.1 Å². The Hall–Kier alpha value is -1.68. The summed E-state index contributed by atoms with van der Waals surface area (Å²) < 4.78 is 1.76. The zero-order valence-corrected chi connectivity index (χ0v) is 11.5. The molecule has 3 N–H and O–H groups in total. The molecule has 0 saturated carbocycles. The van der Waals surface area contributed by atoms with Crippen molar-refractivity contribution in [3.63, 3.8) is 0 Å². The molecule has 1 atom stereocenters. The molecule has 1 aromatic heterocycles. The van der Waals surface area contributed by atoms with Crippen molar-refractivity contribution in [3.05, 3.63) is 40.5 Å². The summed E-state index contributed by atoms with van der Waals surface area (Å²) in [6, 6.07) is 7.89. The number of nitrogens with zero attached hydrogens (tertiary/aromatic N) is 2. The van der Waals surface area contributed by atoms with Crippen LogP contribution in [0.4, 0.5) is 11.5 Å². The smallest absolute Gasteiger partial charge is 0.148 e. The third-order valence-corrected chi connectivity index (χ3v) is 3.21. The zero-order valence-electron chi connectivity index (χ0n) is 10.7. The van der Waals surface area contributed by atoms with Crippen LogP contribution in [0.15, 0.2) is 24.3 Å². The molecular formula is C13H17ClN4. The van der Waals surface area contributed by atoms with Gasteiger partial charge in [-0.15, -0.1) is 0 Å². The molecule has 0 aliphatic carbocycles. The first-order valence-electron chi connectivity index (χ1n) is 5.80. The molecular weight excluding hydrogens is 248 g/mol. The van der Waals surface area contributed by atoms with Gasteiger partial charge in [0.2, 0.25) is 0 Å². The molecule has 0 aliphatic rings. The quantitative estimate of drug-likeness (QED) is 0.895. The SMILES string of the molecule is Cc1nn(C)c(NC(C)c2cccc(Cl)c2)c1N. The van der Waals surface area contributed by atoms with Gasteiger partial charge in [0, 0.05) is 12.1 Å².